The first-order valence-corrected chi connectivity index (χ1v) is 7.76. The van der Waals surface area contributed by atoms with Crippen LogP contribution in [0.25, 0.3) is 0 Å². The largest absolute Gasteiger partial charge is 0.292 e. The molecule has 1 aliphatic rings. The van der Waals surface area contributed by atoms with Crippen LogP contribution in [0.3, 0.4) is 0 Å². The van der Waals surface area contributed by atoms with Crippen LogP contribution in [0, 0.1) is 18.8 Å². The predicted octanol–water partition coefficient (Wildman–Crippen LogP) is 3.93. The van der Waals surface area contributed by atoms with Gasteiger partial charge in [-0.05, 0) is 39.0 Å². The van der Waals surface area contributed by atoms with E-state index in [0.29, 0.717) is 17.9 Å². The van der Waals surface area contributed by atoms with E-state index in [-0.39, 0.29) is 11.8 Å². The number of piperidine rings is 1. The van der Waals surface area contributed by atoms with Gasteiger partial charge in [0.15, 0.2) is 5.78 Å². The molecule has 20 heavy (non-hydrogen) atoms. The lowest BCUT2D eigenvalue weighted by Gasteiger charge is -2.43. The average molecular weight is 273 g/mol. The molecule has 0 amide bonds. The second-order valence-electron chi connectivity index (χ2n) is 6.66. The van der Waals surface area contributed by atoms with Gasteiger partial charge in [-0.15, -0.1) is 0 Å². The SMILES string of the molecule is Cc1ccc(C(=O)C(C)N2CC(C)CC(C)C2C)cc1. The quantitative estimate of drug-likeness (QED) is 0.778. The molecule has 0 radical (unpaired) electrons. The summed E-state index contributed by atoms with van der Waals surface area (Å²) in [7, 11) is 0. The Kier molecular flexibility index (Phi) is 4.64. The third-order valence-electron chi connectivity index (χ3n) is 4.86. The van der Waals surface area contributed by atoms with E-state index < -0.39 is 0 Å². The molecular formula is C18H27NO. The Bertz CT molecular complexity index is 465. The average Bonchev–Trinajstić information content (AvgIpc) is 2.42. The minimum atomic E-state index is -0.0297. The van der Waals surface area contributed by atoms with Crippen LogP contribution in [0.15, 0.2) is 24.3 Å². The third kappa shape index (κ3) is 3.12. The highest BCUT2D eigenvalue weighted by molar-refractivity contribution is 5.99. The van der Waals surface area contributed by atoms with Crippen LogP contribution in [0.4, 0.5) is 0 Å². The second-order valence-corrected chi connectivity index (χ2v) is 6.66. The number of hydrogen-bond donors (Lipinski definition) is 0. The van der Waals surface area contributed by atoms with E-state index in [1.165, 1.54) is 12.0 Å². The van der Waals surface area contributed by atoms with Gasteiger partial charge in [-0.3, -0.25) is 9.69 Å². The molecule has 0 N–H and O–H groups in total. The number of rotatable bonds is 3. The van der Waals surface area contributed by atoms with Crippen LogP contribution < -0.4 is 0 Å². The van der Waals surface area contributed by atoms with Gasteiger partial charge >= 0.3 is 0 Å². The van der Waals surface area contributed by atoms with E-state index in [9.17, 15) is 4.79 Å². The molecule has 2 heteroatoms. The molecular weight excluding hydrogens is 246 g/mol. The Labute approximate surface area is 123 Å². The molecule has 0 saturated carbocycles. The number of benzene rings is 1. The van der Waals surface area contributed by atoms with Gasteiger partial charge < -0.3 is 0 Å². The van der Waals surface area contributed by atoms with Crippen molar-refractivity contribution in [2.24, 2.45) is 11.8 Å². The Morgan fingerprint density at radius 3 is 2.40 bits per heavy atom. The summed E-state index contributed by atoms with van der Waals surface area (Å²) in [6, 6.07) is 8.40. The van der Waals surface area contributed by atoms with Gasteiger partial charge in [-0.1, -0.05) is 43.7 Å². The van der Waals surface area contributed by atoms with E-state index in [1.54, 1.807) is 0 Å². The van der Waals surface area contributed by atoms with Gasteiger partial charge in [-0.2, -0.15) is 0 Å². The fourth-order valence-electron chi connectivity index (χ4n) is 3.38. The van der Waals surface area contributed by atoms with Crippen molar-refractivity contribution in [2.75, 3.05) is 6.54 Å². The molecule has 1 aliphatic heterocycles. The van der Waals surface area contributed by atoms with Crippen molar-refractivity contribution in [2.45, 2.75) is 53.1 Å². The van der Waals surface area contributed by atoms with Gasteiger partial charge in [0, 0.05) is 18.2 Å². The summed E-state index contributed by atoms with van der Waals surface area (Å²) in [5.41, 5.74) is 2.03. The van der Waals surface area contributed by atoms with Gasteiger partial charge in [0.05, 0.1) is 6.04 Å². The van der Waals surface area contributed by atoms with Crippen molar-refractivity contribution >= 4 is 5.78 Å². The summed E-state index contributed by atoms with van der Waals surface area (Å²) in [6.45, 7) is 12.0. The standard InChI is InChI=1S/C18H27NO/c1-12-6-8-17(9-7-12)18(20)16(5)19-11-13(2)10-14(3)15(19)4/h6-9,13-16H,10-11H2,1-5H3. The van der Waals surface area contributed by atoms with Crippen molar-refractivity contribution in [1.82, 2.24) is 4.90 Å². The van der Waals surface area contributed by atoms with Gasteiger partial charge in [0.2, 0.25) is 0 Å². The highest BCUT2D eigenvalue weighted by Gasteiger charge is 2.34. The van der Waals surface area contributed by atoms with Crippen LogP contribution in [-0.4, -0.2) is 29.3 Å². The lowest BCUT2D eigenvalue weighted by Crippen LogP contribution is -2.52. The summed E-state index contributed by atoms with van der Waals surface area (Å²) in [4.78, 5) is 15.1. The molecule has 1 aromatic carbocycles. The van der Waals surface area contributed by atoms with Crippen molar-refractivity contribution in [3.05, 3.63) is 35.4 Å². The Balaban J connectivity index is 2.15. The molecule has 1 aromatic rings. The topological polar surface area (TPSA) is 20.3 Å². The number of carbonyl (C=O) groups excluding carboxylic acids is 1. The van der Waals surface area contributed by atoms with E-state index in [2.05, 4.69) is 32.6 Å². The monoisotopic (exact) mass is 273 g/mol. The van der Waals surface area contributed by atoms with Crippen LogP contribution >= 0.6 is 0 Å². The van der Waals surface area contributed by atoms with Crippen LogP contribution in [-0.2, 0) is 0 Å². The fraction of sp³-hybridized carbons (Fsp3) is 0.611. The normalized spacial score (nSPS) is 29.1. The lowest BCUT2D eigenvalue weighted by atomic mass is 9.84. The number of ketones is 1. The molecule has 0 aliphatic carbocycles. The van der Waals surface area contributed by atoms with Crippen molar-refractivity contribution in [1.29, 1.82) is 0 Å². The molecule has 4 unspecified atom stereocenters. The van der Waals surface area contributed by atoms with E-state index in [1.807, 2.05) is 31.2 Å². The summed E-state index contributed by atoms with van der Waals surface area (Å²) < 4.78 is 0. The number of nitrogens with zero attached hydrogens (tertiary/aromatic N) is 1. The van der Waals surface area contributed by atoms with Crippen LogP contribution in [0.1, 0.15) is 50.0 Å². The molecule has 1 saturated heterocycles. The highest BCUT2D eigenvalue weighted by atomic mass is 16.1. The molecule has 0 spiro atoms. The van der Waals surface area contributed by atoms with Gasteiger partial charge in [0.1, 0.15) is 0 Å². The first-order chi connectivity index (χ1) is 9.40. The molecule has 1 fully saturated rings. The molecule has 1 heterocycles. The van der Waals surface area contributed by atoms with E-state index >= 15 is 0 Å². The third-order valence-corrected chi connectivity index (χ3v) is 4.86. The fourth-order valence-corrected chi connectivity index (χ4v) is 3.38. The zero-order valence-corrected chi connectivity index (χ0v) is 13.4. The molecule has 110 valence electrons. The molecule has 2 nitrogen and oxygen atoms in total. The summed E-state index contributed by atoms with van der Waals surface area (Å²) in [5.74, 6) is 1.58. The summed E-state index contributed by atoms with van der Waals surface area (Å²) in [6.07, 6.45) is 1.27. The smallest absolute Gasteiger partial charge is 0.179 e. The number of Topliss-reactive ketones (excluding diaryl/α,β-unsaturated/α-hetero) is 1. The van der Waals surface area contributed by atoms with Gasteiger partial charge in [-0.25, -0.2) is 0 Å². The maximum atomic E-state index is 12.7. The number of hydrogen-bond acceptors (Lipinski definition) is 2. The highest BCUT2D eigenvalue weighted by Crippen LogP contribution is 2.29. The Hall–Kier alpha value is -1.15. The lowest BCUT2D eigenvalue weighted by molar-refractivity contribution is 0.0406. The number of aryl methyl sites for hydroxylation is 1. The molecule has 0 aromatic heterocycles. The Morgan fingerprint density at radius 1 is 1.20 bits per heavy atom. The summed E-state index contributed by atoms with van der Waals surface area (Å²) >= 11 is 0. The molecule has 0 bridgehead atoms. The predicted molar refractivity (Wildman–Crippen MR) is 84.1 cm³/mol. The Morgan fingerprint density at radius 2 is 1.80 bits per heavy atom. The van der Waals surface area contributed by atoms with E-state index in [4.69, 9.17) is 0 Å². The molecule has 4 atom stereocenters. The molecule has 2 rings (SSSR count). The van der Waals surface area contributed by atoms with E-state index in [0.717, 1.165) is 12.1 Å². The van der Waals surface area contributed by atoms with Gasteiger partial charge in [0.25, 0.3) is 0 Å². The summed E-state index contributed by atoms with van der Waals surface area (Å²) in [5, 5.41) is 0. The number of carbonyl (C=O) groups is 1. The minimum Gasteiger partial charge on any atom is -0.292 e. The second kappa shape index (κ2) is 6.09. The first-order valence-electron chi connectivity index (χ1n) is 7.76. The van der Waals surface area contributed by atoms with Crippen LogP contribution in [0.5, 0.6) is 0 Å². The van der Waals surface area contributed by atoms with Crippen molar-refractivity contribution in [3.8, 4) is 0 Å². The minimum absolute atomic E-state index is 0.0297. The number of likely N-dealkylation sites (tertiary alicyclic amines) is 1. The van der Waals surface area contributed by atoms with Crippen molar-refractivity contribution < 1.29 is 4.79 Å². The van der Waals surface area contributed by atoms with Crippen molar-refractivity contribution in [3.63, 3.8) is 0 Å². The maximum absolute atomic E-state index is 12.7. The van der Waals surface area contributed by atoms with Crippen LogP contribution in [0.2, 0.25) is 0 Å². The zero-order valence-electron chi connectivity index (χ0n) is 13.4. The first kappa shape index (κ1) is 15.2. The maximum Gasteiger partial charge on any atom is 0.179 e. The zero-order chi connectivity index (χ0) is 14.9.